The van der Waals surface area contributed by atoms with Crippen LogP contribution in [0.3, 0.4) is 0 Å². The first kappa shape index (κ1) is 10.9. The summed E-state index contributed by atoms with van der Waals surface area (Å²) < 4.78 is 13.6. The zero-order valence-electron chi connectivity index (χ0n) is 9.57. The summed E-state index contributed by atoms with van der Waals surface area (Å²) in [5.74, 6) is -0.0302. The van der Waals surface area contributed by atoms with Crippen molar-refractivity contribution in [1.29, 1.82) is 0 Å². The Morgan fingerprint density at radius 3 is 2.19 bits per heavy atom. The first-order valence-electron chi connectivity index (χ1n) is 5.49. The van der Waals surface area contributed by atoms with Gasteiger partial charge >= 0.3 is 0 Å². The Morgan fingerprint density at radius 2 is 1.56 bits per heavy atom. The molecular weight excluding hydrogens is 199 g/mol. The van der Waals surface area contributed by atoms with Crippen molar-refractivity contribution in [1.82, 2.24) is 0 Å². The fourth-order valence-electron chi connectivity index (χ4n) is 1.86. The second-order valence-corrected chi connectivity index (χ2v) is 4.15. The second-order valence-electron chi connectivity index (χ2n) is 4.15. The first-order valence-corrected chi connectivity index (χ1v) is 5.49. The SMILES string of the molecule is Cc1ccc(C(C)c2ccccc2F)cc1. The number of aryl methyl sites for hydroxylation is 1. The highest BCUT2D eigenvalue weighted by Crippen LogP contribution is 2.26. The summed E-state index contributed by atoms with van der Waals surface area (Å²) in [7, 11) is 0. The molecular formula is C15H15F. The van der Waals surface area contributed by atoms with E-state index < -0.39 is 0 Å². The van der Waals surface area contributed by atoms with Crippen LogP contribution in [0.15, 0.2) is 48.5 Å². The number of hydrogen-bond donors (Lipinski definition) is 0. The molecule has 2 rings (SSSR count). The van der Waals surface area contributed by atoms with Gasteiger partial charge in [0.15, 0.2) is 0 Å². The average Bonchev–Trinajstić information content (AvgIpc) is 2.30. The molecule has 0 saturated heterocycles. The Morgan fingerprint density at radius 1 is 0.938 bits per heavy atom. The molecule has 2 aromatic rings. The van der Waals surface area contributed by atoms with Crippen LogP contribution >= 0.6 is 0 Å². The Kier molecular flexibility index (Phi) is 3.04. The normalized spacial score (nSPS) is 12.4. The van der Waals surface area contributed by atoms with Crippen molar-refractivity contribution in [2.45, 2.75) is 19.8 Å². The van der Waals surface area contributed by atoms with Gasteiger partial charge in [0, 0.05) is 5.92 Å². The van der Waals surface area contributed by atoms with Gasteiger partial charge in [0.05, 0.1) is 0 Å². The predicted octanol–water partition coefficient (Wildman–Crippen LogP) is 4.29. The lowest BCUT2D eigenvalue weighted by Crippen LogP contribution is -1.98. The molecule has 0 spiro atoms. The van der Waals surface area contributed by atoms with E-state index in [1.54, 1.807) is 6.07 Å². The molecule has 0 saturated carbocycles. The Balaban J connectivity index is 2.35. The maximum absolute atomic E-state index is 13.6. The molecule has 0 radical (unpaired) electrons. The summed E-state index contributed by atoms with van der Waals surface area (Å²) in [6, 6.07) is 15.2. The van der Waals surface area contributed by atoms with Gasteiger partial charge in [-0.15, -0.1) is 0 Å². The number of rotatable bonds is 2. The van der Waals surface area contributed by atoms with E-state index in [1.807, 2.05) is 19.1 Å². The molecule has 1 atom stereocenters. The van der Waals surface area contributed by atoms with Crippen LogP contribution in [-0.4, -0.2) is 0 Å². The molecule has 82 valence electrons. The Hall–Kier alpha value is -1.63. The minimum Gasteiger partial charge on any atom is -0.207 e. The topological polar surface area (TPSA) is 0 Å². The molecule has 0 bridgehead atoms. The maximum atomic E-state index is 13.6. The largest absolute Gasteiger partial charge is 0.207 e. The van der Waals surface area contributed by atoms with E-state index in [0.717, 1.165) is 11.1 Å². The second kappa shape index (κ2) is 4.48. The lowest BCUT2D eigenvalue weighted by atomic mass is 9.92. The molecule has 1 heteroatoms. The quantitative estimate of drug-likeness (QED) is 0.699. The third kappa shape index (κ3) is 2.13. The molecule has 0 heterocycles. The minimum absolute atomic E-state index is 0.0989. The van der Waals surface area contributed by atoms with Crippen molar-refractivity contribution in [2.75, 3.05) is 0 Å². The van der Waals surface area contributed by atoms with Crippen molar-refractivity contribution >= 4 is 0 Å². The van der Waals surface area contributed by atoms with Crippen molar-refractivity contribution in [3.8, 4) is 0 Å². The van der Waals surface area contributed by atoms with Crippen LogP contribution < -0.4 is 0 Å². The van der Waals surface area contributed by atoms with Crippen molar-refractivity contribution < 1.29 is 4.39 Å². The van der Waals surface area contributed by atoms with E-state index in [1.165, 1.54) is 11.6 Å². The molecule has 0 nitrogen and oxygen atoms in total. The zero-order valence-corrected chi connectivity index (χ0v) is 9.57. The van der Waals surface area contributed by atoms with Crippen LogP contribution in [0, 0.1) is 12.7 Å². The van der Waals surface area contributed by atoms with Crippen molar-refractivity contribution in [2.24, 2.45) is 0 Å². The average molecular weight is 214 g/mol. The number of hydrogen-bond acceptors (Lipinski definition) is 0. The van der Waals surface area contributed by atoms with Crippen LogP contribution in [0.1, 0.15) is 29.5 Å². The number of benzene rings is 2. The van der Waals surface area contributed by atoms with Crippen LogP contribution in [0.25, 0.3) is 0 Å². The summed E-state index contributed by atoms with van der Waals surface area (Å²) >= 11 is 0. The molecule has 0 aliphatic rings. The third-order valence-corrected chi connectivity index (χ3v) is 2.95. The number of halogens is 1. The summed E-state index contributed by atoms with van der Waals surface area (Å²) in [5.41, 5.74) is 3.13. The third-order valence-electron chi connectivity index (χ3n) is 2.95. The summed E-state index contributed by atoms with van der Waals surface area (Å²) in [6.07, 6.45) is 0. The van der Waals surface area contributed by atoms with Gasteiger partial charge in [-0.25, -0.2) is 4.39 Å². The van der Waals surface area contributed by atoms with E-state index in [9.17, 15) is 4.39 Å². The summed E-state index contributed by atoms with van der Waals surface area (Å²) in [4.78, 5) is 0. The Bertz CT molecular complexity index is 471. The standard InChI is InChI=1S/C15H15F/c1-11-7-9-13(10-8-11)12(2)14-5-3-4-6-15(14)16/h3-10,12H,1-2H3. The smallest absolute Gasteiger partial charge is 0.127 e. The fraction of sp³-hybridized carbons (Fsp3) is 0.200. The molecule has 0 aromatic heterocycles. The van der Waals surface area contributed by atoms with Gasteiger partial charge < -0.3 is 0 Å². The van der Waals surface area contributed by atoms with Gasteiger partial charge in [-0.3, -0.25) is 0 Å². The summed E-state index contributed by atoms with van der Waals surface area (Å²) in [6.45, 7) is 4.08. The molecule has 0 aliphatic carbocycles. The van der Waals surface area contributed by atoms with E-state index in [0.29, 0.717) is 0 Å². The molecule has 1 unspecified atom stereocenters. The van der Waals surface area contributed by atoms with Gasteiger partial charge in [0.2, 0.25) is 0 Å². The van der Waals surface area contributed by atoms with Gasteiger partial charge in [-0.1, -0.05) is 55.0 Å². The Labute approximate surface area is 95.7 Å². The van der Waals surface area contributed by atoms with Crippen LogP contribution in [0.4, 0.5) is 4.39 Å². The van der Waals surface area contributed by atoms with Gasteiger partial charge in [-0.2, -0.15) is 0 Å². The van der Waals surface area contributed by atoms with E-state index in [2.05, 4.69) is 31.2 Å². The van der Waals surface area contributed by atoms with Crippen LogP contribution in [-0.2, 0) is 0 Å². The van der Waals surface area contributed by atoms with Gasteiger partial charge in [-0.05, 0) is 24.1 Å². The monoisotopic (exact) mass is 214 g/mol. The molecule has 0 aliphatic heterocycles. The maximum Gasteiger partial charge on any atom is 0.127 e. The highest BCUT2D eigenvalue weighted by atomic mass is 19.1. The molecule has 16 heavy (non-hydrogen) atoms. The minimum atomic E-state index is -0.129. The molecule has 0 N–H and O–H groups in total. The van der Waals surface area contributed by atoms with Crippen molar-refractivity contribution in [3.05, 3.63) is 71.0 Å². The van der Waals surface area contributed by atoms with Crippen molar-refractivity contribution in [3.63, 3.8) is 0 Å². The highest BCUT2D eigenvalue weighted by Gasteiger charge is 2.11. The molecule has 0 amide bonds. The van der Waals surface area contributed by atoms with Crippen LogP contribution in [0.2, 0.25) is 0 Å². The fourth-order valence-corrected chi connectivity index (χ4v) is 1.86. The van der Waals surface area contributed by atoms with E-state index in [4.69, 9.17) is 0 Å². The van der Waals surface area contributed by atoms with E-state index in [-0.39, 0.29) is 11.7 Å². The zero-order chi connectivity index (χ0) is 11.5. The lowest BCUT2D eigenvalue weighted by molar-refractivity contribution is 0.603. The van der Waals surface area contributed by atoms with E-state index >= 15 is 0 Å². The van der Waals surface area contributed by atoms with Crippen LogP contribution in [0.5, 0.6) is 0 Å². The molecule has 2 aromatic carbocycles. The lowest BCUT2D eigenvalue weighted by Gasteiger charge is -2.13. The highest BCUT2D eigenvalue weighted by molar-refractivity contribution is 5.33. The predicted molar refractivity (Wildman–Crippen MR) is 65.1 cm³/mol. The first-order chi connectivity index (χ1) is 7.68. The molecule has 0 fully saturated rings. The van der Waals surface area contributed by atoms with Gasteiger partial charge in [0.1, 0.15) is 5.82 Å². The summed E-state index contributed by atoms with van der Waals surface area (Å²) in [5, 5.41) is 0. The van der Waals surface area contributed by atoms with Gasteiger partial charge in [0.25, 0.3) is 0 Å².